The number of nitrogens with zero attached hydrogens (tertiary/aromatic N) is 2. The van der Waals surface area contributed by atoms with Crippen molar-refractivity contribution in [1.82, 2.24) is 0 Å². The van der Waals surface area contributed by atoms with Gasteiger partial charge in [-0.05, 0) is 213 Å². The summed E-state index contributed by atoms with van der Waals surface area (Å²) >= 11 is 0. The molecule has 2 aliphatic carbocycles. The van der Waals surface area contributed by atoms with E-state index in [4.69, 9.17) is 28.4 Å². The highest BCUT2D eigenvalue weighted by Gasteiger charge is 2.48. The molecule has 0 fully saturated rings. The standard InChI is InChI=1S/C88H72F4N2O6/c1-5-51-97-69-41-27-61(28-42-69)87(63-31-45-71(46-32-63)99-55-53-95-7-3)77-17-11-9-15-73(77)75-49-39-67(57-79(75)87)93(85-81(89)19-13-20-82(85)90)65-35-23-59(24-36-65)60-25-37-66(38-26-60)94(86-83(91)21-14-22-84(86)92)68-40-50-76-74-16-10-12-18-78(74)88(80(76)58-68,62-29-43-70(44-30-62)98-52-6-2)64-33-47-72(48-34-64)100-56-54-96-8-4/h5-6,9-50,57-58H,1-2,7-8,51-56H2,3-4H3. The van der Waals surface area contributed by atoms with Crippen LogP contribution in [0.4, 0.5) is 51.7 Å². The molecule has 0 bridgehead atoms. The highest BCUT2D eigenvalue weighted by atomic mass is 19.1. The van der Waals surface area contributed by atoms with Gasteiger partial charge in [0.25, 0.3) is 0 Å². The first kappa shape index (κ1) is 65.8. The number of hydrogen-bond donors (Lipinski definition) is 0. The zero-order valence-corrected chi connectivity index (χ0v) is 55.5. The van der Waals surface area contributed by atoms with Gasteiger partial charge in [-0.15, -0.1) is 0 Å². The van der Waals surface area contributed by atoms with E-state index >= 15 is 17.6 Å². The quantitative estimate of drug-likeness (QED) is 0.0287. The Balaban J connectivity index is 0.856. The molecular formula is C88H72F4N2O6. The summed E-state index contributed by atoms with van der Waals surface area (Å²) in [6, 6.07) is 83.7. The van der Waals surface area contributed by atoms with Crippen molar-refractivity contribution in [3.63, 3.8) is 0 Å². The fraction of sp³-hybridized carbons (Fsp3) is 0.136. The Morgan fingerprint density at radius 1 is 0.320 bits per heavy atom. The lowest BCUT2D eigenvalue weighted by atomic mass is 9.67. The Labute approximate surface area is 580 Å². The summed E-state index contributed by atoms with van der Waals surface area (Å²) in [5, 5.41) is 0. The molecule has 0 spiro atoms. The SMILES string of the molecule is C=CCOc1ccc(C2(c3ccc(OCCOCC)cc3)c3ccccc3-c3ccc(N(c4ccc(-c5ccc(N(c6ccc7c(c6)C(c6ccc(OCC=C)cc6)(c6ccc(OCCOCC)cc6)c6ccccc6-7)c6c(F)cccc6F)cc5)cc4)c4c(F)cccc4F)cc32)cc1. The zero-order chi connectivity index (χ0) is 68.7. The van der Waals surface area contributed by atoms with Gasteiger partial charge in [0.2, 0.25) is 0 Å². The molecule has 2 atom stereocenters. The van der Waals surface area contributed by atoms with Crippen molar-refractivity contribution >= 4 is 34.1 Å². The van der Waals surface area contributed by atoms with Gasteiger partial charge in [0.05, 0.1) is 24.0 Å². The third kappa shape index (κ3) is 12.1. The van der Waals surface area contributed by atoms with E-state index < -0.39 is 34.1 Å². The van der Waals surface area contributed by atoms with Gasteiger partial charge < -0.3 is 38.2 Å². The van der Waals surface area contributed by atoms with Gasteiger partial charge in [0.1, 0.15) is 84.1 Å². The van der Waals surface area contributed by atoms with Crippen LogP contribution in [0, 0.1) is 23.3 Å². The van der Waals surface area contributed by atoms with Crippen molar-refractivity contribution in [2.75, 3.05) is 62.7 Å². The first-order valence-corrected chi connectivity index (χ1v) is 33.6. The van der Waals surface area contributed by atoms with E-state index in [9.17, 15) is 0 Å². The molecule has 100 heavy (non-hydrogen) atoms. The second kappa shape index (κ2) is 28.9. The number of rotatable bonds is 27. The van der Waals surface area contributed by atoms with E-state index in [1.807, 2.05) is 172 Å². The second-order valence-electron chi connectivity index (χ2n) is 24.3. The lowest BCUT2D eigenvalue weighted by molar-refractivity contribution is 0.110. The van der Waals surface area contributed by atoms with Crippen molar-refractivity contribution < 1.29 is 46.0 Å². The molecule has 0 saturated heterocycles. The highest BCUT2D eigenvalue weighted by Crippen LogP contribution is 2.60. The zero-order valence-electron chi connectivity index (χ0n) is 55.5. The van der Waals surface area contributed by atoms with Crippen LogP contribution in [0.25, 0.3) is 33.4 Å². The summed E-state index contributed by atoms with van der Waals surface area (Å²) in [5.41, 5.74) is 12.7. The third-order valence-corrected chi connectivity index (χ3v) is 18.8. The van der Waals surface area contributed by atoms with E-state index in [-0.39, 0.29) is 11.4 Å². The summed E-state index contributed by atoms with van der Waals surface area (Å²) in [6.07, 6.45) is 3.41. The molecule has 0 amide bonds. The van der Waals surface area contributed by atoms with Crippen LogP contribution in [-0.2, 0) is 20.3 Å². The number of para-hydroxylation sites is 2. The van der Waals surface area contributed by atoms with E-state index in [1.54, 1.807) is 22.0 Å². The molecule has 8 nitrogen and oxygen atoms in total. The molecule has 0 aliphatic heterocycles. The van der Waals surface area contributed by atoms with E-state index in [0.717, 1.165) is 77.9 Å². The smallest absolute Gasteiger partial charge is 0.150 e. The summed E-state index contributed by atoms with van der Waals surface area (Å²) in [6.45, 7) is 15.1. The van der Waals surface area contributed by atoms with Crippen LogP contribution in [-0.4, -0.2) is 52.9 Å². The van der Waals surface area contributed by atoms with Crippen LogP contribution in [0.2, 0.25) is 0 Å². The molecular weight excluding hydrogens is 1260 g/mol. The van der Waals surface area contributed by atoms with Gasteiger partial charge in [0.15, 0.2) is 0 Å². The number of fused-ring (bicyclic) bond motifs is 6. The molecule has 498 valence electrons. The minimum atomic E-state index is -0.940. The van der Waals surface area contributed by atoms with Crippen LogP contribution < -0.4 is 28.7 Å². The second-order valence-corrected chi connectivity index (χ2v) is 24.3. The van der Waals surface area contributed by atoms with Crippen molar-refractivity contribution in [1.29, 1.82) is 0 Å². The van der Waals surface area contributed by atoms with Crippen LogP contribution >= 0.6 is 0 Å². The van der Waals surface area contributed by atoms with E-state index in [0.29, 0.717) is 98.6 Å². The summed E-state index contributed by atoms with van der Waals surface area (Å²) in [5.74, 6) is -0.288. The van der Waals surface area contributed by atoms with Gasteiger partial charge in [-0.3, -0.25) is 0 Å². The lowest BCUT2D eigenvalue weighted by Crippen LogP contribution is -2.29. The van der Waals surface area contributed by atoms with E-state index in [2.05, 4.69) is 86.0 Å². The molecule has 12 aromatic carbocycles. The van der Waals surface area contributed by atoms with Gasteiger partial charge in [-0.25, -0.2) is 17.6 Å². The Bertz CT molecular complexity index is 4560. The van der Waals surface area contributed by atoms with Crippen molar-refractivity contribution in [3.05, 3.63) is 360 Å². The predicted octanol–water partition coefficient (Wildman–Crippen LogP) is 21.5. The van der Waals surface area contributed by atoms with Crippen LogP contribution in [0.3, 0.4) is 0 Å². The summed E-state index contributed by atoms with van der Waals surface area (Å²) in [7, 11) is 0. The molecule has 0 N–H and O–H groups in total. The van der Waals surface area contributed by atoms with Gasteiger partial charge in [-0.1, -0.05) is 171 Å². The Morgan fingerprint density at radius 2 is 0.630 bits per heavy atom. The molecule has 0 radical (unpaired) electrons. The molecule has 0 aromatic heterocycles. The number of hydrogen-bond acceptors (Lipinski definition) is 8. The maximum atomic E-state index is 16.7. The fourth-order valence-corrected chi connectivity index (χ4v) is 14.5. The van der Waals surface area contributed by atoms with Gasteiger partial charge in [0, 0.05) is 36.0 Å². The highest BCUT2D eigenvalue weighted by molar-refractivity contribution is 5.92. The first-order chi connectivity index (χ1) is 49.1. The monoisotopic (exact) mass is 1330 g/mol. The Hall–Kier alpha value is -11.4. The first-order valence-electron chi connectivity index (χ1n) is 33.6. The minimum Gasteiger partial charge on any atom is -0.491 e. The number of benzene rings is 12. The normalized spacial score (nSPS) is 14.7. The molecule has 0 heterocycles. The molecule has 12 aromatic rings. The molecule has 2 aliphatic rings. The maximum Gasteiger partial charge on any atom is 0.150 e. The summed E-state index contributed by atoms with van der Waals surface area (Å²) < 4.78 is 102. The minimum absolute atomic E-state index is 0.255. The summed E-state index contributed by atoms with van der Waals surface area (Å²) in [4.78, 5) is 3.25. The maximum absolute atomic E-state index is 16.7. The lowest BCUT2D eigenvalue weighted by Gasteiger charge is -2.35. The average molecular weight is 1330 g/mol. The molecule has 12 heteroatoms. The topological polar surface area (TPSA) is 61.9 Å². The number of ether oxygens (including phenoxy) is 6. The van der Waals surface area contributed by atoms with Crippen molar-refractivity contribution in [2.24, 2.45) is 0 Å². The third-order valence-electron chi connectivity index (χ3n) is 18.8. The number of anilines is 6. The molecule has 2 unspecified atom stereocenters. The van der Waals surface area contributed by atoms with Crippen LogP contribution in [0.1, 0.15) is 58.4 Å². The van der Waals surface area contributed by atoms with E-state index in [1.165, 1.54) is 36.4 Å². The Morgan fingerprint density at radius 3 is 0.960 bits per heavy atom. The van der Waals surface area contributed by atoms with Crippen LogP contribution in [0.15, 0.2) is 292 Å². The fourth-order valence-electron chi connectivity index (χ4n) is 14.5. The molecule has 14 rings (SSSR count). The predicted molar refractivity (Wildman–Crippen MR) is 391 cm³/mol. The van der Waals surface area contributed by atoms with Crippen molar-refractivity contribution in [3.8, 4) is 56.4 Å². The molecule has 0 saturated carbocycles. The largest absolute Gasteiger partial charge is 0.491 e. The number of halogens is 4. The Kier molecular flexibility index (Phi) is 19.1. The van der Waals surface area contributed by atoms with Gasteiger partial charge >= 0.3 is 0 Å². The van der Waals surface area contributed by atoms with Crippen LogP contribution in [0.5, 0.6) is 23.0 Å². The van der Waals surface area contributed by atoms with Gasteiger partial charge in [-0.2, -0.15) is 0 Å². The van der Waals surface area contributed by atoms with Crippen molar-refractivity contribution in [2.45, 2.75) is 24.7 Å². The average Bonchev–Trinajstić information content (AvgIpc) is 1.54.